The first-order valence-corrected chi connectivity index (χ1v) is 4.37. The van der Waals surface area contributed by atoms with Gasteiger partial charge in [-0.3, -0.25) is 0 Å². The maximum atomic E-state index is 12.1. The average molecular weight is 216 g/mol. The van der Waals surface area contributed by atoms with Gasteiger partial charge in [0, 0.05) is 18.3 Å². The molecule has 1 atom stereocenters. The first-order valence-electron chi connectivity index (χ1n) is 4.37. The Hall–Kier alpha value is -1.39. The van der Waals surface area contributed by atoms with Crippen LogP contribution in [0.2, 0.25) is 0 Å². The Morgan fingerprint density at radius 2 is 1.80 bits per heavy atom. The number of alkyl halides is 3. The zero-order valence-electron chi connectivity index (χ0n) is 8.47. The number of allylic oxidation sites excluding steroid dienone is 1. The predicted molar refractivity (Wildman–Crippen MR) is 50.3 cm³/mol. The lowest BCUT2D eigenvalue weighted by atomic mass is 9.98. The van der Waals surface area contributed by atoms with Crippen LogP contribution < -0.4 is 0 Å². The van der Waals surface area contributed by atoms with Crippen LogP contribution in [0.4, 0.5) is 13.2 Å². The van der Waals surface area contributed by atoms with Crippen molar-refractivity contribution in [2.75, 3.05) is 0 Å². The van der Waals surface area contributed by atoms with Crippen LogP contribution >= 0.6 is 0 Å². The average Bonchev–Trinajstić information content (AvgIpc) is 2.15. The molecule has 0 fully saturated rings. The molecule has 0 aliphatic rings. The van der Waals surface area contributed by atoms with Gasteiger partial charge in [-0.1, -0.05) is 19.1 Å². The summed E-state index contributed by atoms with van der Waals surface area (Å²) < 4.78 is 36.4. The highest BCUT2D eigenvalue weighted by Gasteiger charge is 2.34. The van der Waals surface area contributed by atoms with Crippen molar-refractivity contribution in [2.24, 2.45) is 0 Å². The monoisotopic (exact) mass is 216 g/mol. The van der Waals surface area contributed by atoms with Crippen LogP contribution in [0.1, 0.15) is 31.2 Å². The first-order chi connectivity index (χ1) is 6.82. The van der Waals surface area contributed by atoms with Gasteiger partial charge in [0.15, 0.2) is 0 Å². The second-order valence-corrected chi connectivity index (χ2v) is 3.41. The highest BCUT2D eigenvalue weighted by Crippen LogP contribution is 2.27. The van der Waals surface area contributed by atoms with Crippen LogP contribution in [-0.2, 0) is 6.18 Å². The number of nitrogens with zero attached hydrogens (tertiary/aromatic N) is 2. The zero-order valence-corrected chi connectivity index (χ0v) is 8.47. The highest BCUT2D eigenvalue weighted by molar-refractivity contribution is 5.20. The van der Waals surface area contributed by atoms with Crippen LogP contribution in [0.15, 0.2) is 24.5 Å². The summed E-state index contributed by atoms with van der Waals surface area (Å²) in [5.74, 6) is -1.15. The second kappa shape index (κ2) is 4.00. The summed E-state index contributed by atoms with van der Waals surface area (Å²) in [6.07, 6.45) is -2.10. The predicted octanol–water partition coefficient (Wildman–Crippen LogP) is 3.18. The maximum Gasteiger partial charge on any atom is 0.451 e. The molecule has 1 heterocycles. The third-order valence-electron chi connectivity index (χ3n) is 2.16. The molecule has 0 N–H and O–H groups in total. The van der Waals surface area contributed by atoms with Gasteiger partial charge in [-0.25, -0.2) is 9.97 Å². The van der Waals surface area contributed by atoms with E-state index in [2.05, 4.69) is 16.5 Å². The number of hydrogen-bond acceptors (Lipinski definition) is 2. The zero-order chi connectivity index (χ0) is 11.6. The van der Waals surface area contributed by atoms with E-state index in [0.29, 0.717) is 5.56 Å². The molecule has 0 aliphatic carbocycles. The lowest BCUT2D eigenvalue weighted by Gasteiger charge is -2.11. The first kappa shape index (κ1) is 11.7. The van der Waals surface area contributed by atoms with Gasteiger partial charge in [-0.2, -0.15) is 13.2 Å². The van der Waals surface area contributed by atoms with Crippen molar-refractivity contribution in [3.63, 3.8) is 0 Å². The van der Waals surface area contributed by atoms with E-state index < -0.39 is 12.0 Å². The fraction of sp³-hybridized carbons (Fsp3) is 0.400. The van der Waals surface area contributed by atoms with Crippen LogP contribution in [0.3, 0.4) is 0 Å². The molecule has 15 heavy (non-hydrogen) atoms. The van der Waals surface area contributed by atoms with Gasteiger partial charge in [0.05, 0.1) is 0 Å². The highest BCUT2D eigenvalue weighted by atomic mass is 19.4. The van der Waals surface area contributed by atoms with E-state index in [1.165, 1.54) is 12.4 Å². The number of aromatic nitrogens is 2. The van der Waals surface area contributed by atoms with E-state index in [9.17, 15) is 13.2 Å². The molecule has 0 aliphatic heterocycles. The van der Waals surface area contributed by atoms with Gasteiger partial charge in [-0.15, -0.1) is 0 Å². The summed E-state index contributed by atoms with van der Waals surface area (Å²) in [7, 11) is 0. The van der Waals surface area contributed by atoms with E-state index in [4.69, 9.17) is 0 Å². The molecule has 1 rings (SSSR count). The maximum absolute atomic E-state index is 12.1. The molecule has 0 amide bonds. The Morgan fingerprint density at radius 3 is 2.13 bits per heavy atom. The Morgan fingerprint density at radius 1 is 1.33 bits per heavy atom. The Kier molecular flexibility index (Phi) is 3.12. The van der Waals surface area contributed by atoms with E-state index in [0.717, 1.165) is 5.57 Å². The molecule has 0 aromatic carbocycles. The van der Waals surface area contributed by atoms with Gasteiger partial charge < -0.3 is 0 Å². The summed E-state index contributed by atoms with van der Waals surface area (Å²) >= 11 is 0. The van der Waals surface area contributed by atoms with Crippen molar-refractivity contribution in [3.05, 3.63) is 35.9 Å². The molecule has 0 bridgehead atoms. The van der Waals surface area contributed by atoms with Crippen LogP contribution in [0, 0.1) is 0 Å². The molecule has 0 saturated heterocycles. The van der Waals surface area contributed by atoms with Gasteiger partial charge in [0.25, 0.3) is 0 Å². The van der Waals surface area contributed by atoms with E-state index >= 15 is 0 Å². The Labute approximate surface area is 85.9 Å². The minimum atomic E-state index is -4.48. The van der Waals surface area contributed by atoms with Crippen LogP contribution in [0.5, 0.6) is 0 Å². The van der Waals surface area contributed by atoms with Gasteiger partial charge in [-0.05, 0) is 12.5 Å². The number of hydrogen-bond donors (Lipinski definition) is 0. The van der Waals surface area contributed by atoms with Crippen LogP contribution in [-0.4, -0.2) is 9.97 Å². The quantitative estimate of drug-likeness (QED) is 0.709. The van der Waals surface area contributed by atoms with Crippen molar-refractivity contribution in [1.82, 2.24) is 9.97 Å². The molecule has 0 radical (unpaired) electrons. The molecule has 82 valence electrons. The summed E-state index contributed by atoms with van der Waals surface area (Å²) in [6.45, 7) is 7.37. The molecule has 1 aromatic rings. The van der Waals surface area contributed by atoms with Gasteiger partial charge in [0.2, 0.25) is 5.82 Å². The molecule has 5 heteroatoms. The minimum Gasteiger partial charge on any atom is -0.233 e. The molecule has 1 aromatic heterocycles. The Bertz CT molecular complexity index is 354. The lowest BCUT2D eigenvalue weighted by molar-refractivity contribution is -0.145. The molecular formula is C10H11F3N2. The topological polar surface area (TPSA) is 25.8 Å². The van der Waals surface area contributed by atoms with E-state index in [1.807, 2.05) is 13.8 Å². The van der Waals surface area contributed by atoms with Crippen molar-refractivity contribution in [1.29, 1.82) is 0 Å². The summed E-state index contributed by atoms with van der Waals surface area (Å²) in [5, 5.41) is 0. The van der Waals surface area contributed by atoms with Crippen molar-refractivity contribution in [2.45, 2.75) is 25.9 Å². The number of halogens is 3. The van der Waals surface area contributed by atoms with E-state index in [-0.39, 0.29) is 5.92 Å². The third kappa shape index (κ3) is 2.78. The fourth-order valence-electron chi connectivity index (χ4n) is 0.993. The summed E-state index contributed by atoms with van der Waals surface area (Å²) in [5.41, 5.74) is 1.49. The smallest absolute Gasteiger partial charge is 0.233 e. The van der Waals surface area contributed by atoms with Crippen molar-refractivity contribution < 1.29 is 13.2 Å². The number of rotatable bonds is 2. The summed E-state index contributed by atoms with van der Waals surface area (Å²) in [4.78, 5) is 6.55. The third-order valence-corrected chi connectivity index (χ3v) is 2.16. The largest absolute Gasteiger partial charge is 0.451 e. The lowest BCUT2D eigenvalue weighted by Crippen LogP contribution is -2.11. The normalized spacial score (nSPS) is 13.7. The molecular weight excluding hydrogens is 205 g/mol. The minimum absolute atomic E-state index is 0.0349. The fourth-order valence-corrected chi connectivity index (χ4v) is 0.993. The van der Waals surface area contributed by atoms with E-state index in [1.54, 1.807) is 0 Å². The Balaban J connectivity index is 2.95. The molecule has 0 spiro atoms. The standard InChI is InChI=1S/C10H11F3N2/c1-6(2)7(3)8-4-14-9(15-5-8)10(11,12)13/h4-5,7H,1H2,2-3H3/t7-/m0/s1. The molecule has 2 nitrogen and oxygen atoms in total. The molecule has 0 unspecified atom stereocenters. The van der Waals surface area contributed by atoms with Crippen molar-refractivity contribution >= 4 is 0 Å². The summed E-state index contributed by atoms with van der Waals surface area (Å²) in [6, 6.07) is 0. The second-order valence-electron chi connectivity index (χ2n) is 3.41. The van der Waals surface area contributed by atoms with Gasteiger partial charge >= 0.3 is 6.18 Å². The van der Waals surface area contributed by atoms with Crippen LogP contribution in [0.25, 0.3) is 0 Å². The van der Waals surface area contributed by atoms with Gasteiger partial charge in [0.1, 0.15) is 0 Å². The van der Waals surface area contributed by atoms with Crippen molar-refractivity contribution in [3.8, 4) is 0 Å². The SMILES string of the molecule is C=C(C)[C@H](C)c1cnc(C(F)(F)F)nc1. The molecule has 0 saturated carbocycles.